The van der Waals surface area contributed by atoms with Gasteiger partial charge in [-0.25, -0.2) is 0 Å². The number of carboxylic acids is 1. The van der Waals surface area contributed by atoms with E-state index in [1.165, 1.54) is 0 Å². The standard InChI is InChI=1S/C8H10NO.C2H4O2.Na/c1-9(2)7-4-3-5-8(10)6-7;1-2(3)4;/h3,5-6,10H,1-2H3;1H3,(H,3,4);/q-1;;+1. The Bertz CT molecular complexity index is 298. The van der Waals surface area contributed by atoms with Crippen molar-refractivity contribution >= 4 is 11.7 Å². The van der Waals surface area contributed by atoms with E-state index in [-0.39, 0.29) is 35.3 Å². The monoisotopic (exact) mass is 219 g/mol. The summed E-state index contributed by atoms with van der Waals surface area (Å²) in [7, 11) is 3.82. The molecule has 4 nitrogen and oxygen atoms in total. The average Bonchev–Trinajstić information content (AvgIpc) is 2.03. The van der Waals surface area contributed by atoms with Gasteiger partial charge >= 0.3 is 29.6 Å². The van der Waals surface area contributed by atoms with Crippen LogP contribution < -0.4 is 34.5 Å². The fourth-order valence-corrected chi connectivity index (χ4v) is 0.700. The van der Waals surface area contributed by atoms with Crippen LogP contribution in [0.3, 0.4) is 0 Å². The smallest absolute Gasteiger partial charge is 0.533 e. The number of rotatable bonds is 1. The van der Waals surface area contributed by atoms with E-state index in [1.807, 2.05) is 19.0 Å². The maximum absolute atomic E-state index is 9.02. The molecular weight excluding hydrogens is 205 g/mol. The van der Waals surface area contributed by atoms with Gasteiger partial charge in [-0.05, 0) is 0 Å². The largest absolute Gasteiger partial charge is 1.00 e. The minimum absolute atomic E-state index is 0. The summed E-state index contributed by atoms with van der Waals surface area (Å²) in [6.07, 6.45) is 0. The van der Waals surface area contributed by atoms with Crippen LogP contribution in [0.2, 0.25) is 0 Å². The van der Waals surface area contributed by atoms with Crippen LogP contribution in [0.25, 0.3) is 0 Å². The summed E-state index contributed by atoms with van der Waals surface area (Å²) in [5.41, 5.74) is 0.889. The number of phenolic OH excluding ortho intramolecular Hbond substituents is 1. The van der Waals surface area contributed by atoms with E-state index in [4.69, 9.17) is 15.0 Å². The van der Waals surface area contributed by atoms with Gasteiger partial charge < -0.3 is 15.1 Å². The van der Waals surface area contributed by atoms with Gasteiger partial charge in [0.1, 0.15) is 0 Å². The normalized spacial score (nSPS) is 7.93. The molecule has 1 aromatic carbocycles. The Balaban J connectivity index is 0. The fraction of sp³-hybridized carbons (Fsp3) is 0.300. The van der Waals surface area contributed by atoms with E-state index in [9.17, 15) is 0 Å². The van der Waals surface area contributed by atoms with Gasteiger partial charge in [-0.1, -0.05) is 5.69 Å². The van der Waals surface area contributed by atoms with E-state index < -0.39 is 5.97 Å². The number of anilines is 1. The molecule has 0 aromatic heterocycles. The number of aromatic hydroxyl groups is 1. The number of benzene rings is 1. The quantitative estimate of drug-likeness (QED) is 0.439. The second-order valence-electron chi connectivity index (χ2n) is 2.85. The first kappa shape index (κ1) is 16.7. The second kappa shape index (κ2) is 8.59. The summed E-state index contributed by atoms with van der Waals surface area (Å²) in [6.45, 7) is 1.08. The molecule has 2 N–H and O–H groups in total. The van der Waals surface area contributed by atoms with Crippen molar-refractivity contribution < 1.29 is 44.6 Å². The Morgan fingerprint density at radius 3 is 2.20 bits per heavy atom. The van der Waals surface area contributed by atoms with Gasteiger partial charge in [0.05, 0.1) is 0 Å². The number of carbonyl (C=O) groups is 1. The number of nitrogens with zero attached hydrogens (tertiary/aromatic N) is 1. The predicted octanol–water partition coefficient (Wildman–Crippen LogP) is -1.65. The predicted molar refractivity (Wildman–Crippen MR) is 54.6 cm³/mol. The van der Waals surface area contributed by atoms with Gasteiger partial charge in [0, 0.05) is 26.8 Å². The molecule has 0 fully saturated rings. The molecule has 0 aliphatic carbocycles. The summed E-state index contributed by atoms with van der Waals surface area (Å²) in [5, 5.41) is 16.4. The van der Waals surface area contributed by atoms with Crippen LogP contribution in [0.5, 0.6) is 5.75 Å². The molecule has 0 spiro atoms. The zero-order valence-corrected chi connectivity index (χ0v) is 11.5. The molecular formula is C10H14NNaO3. The third kappa shape index (κ3) is 9.59. The number of hydrogen-bond acceptors (Lipinski definition) is 3. The topological polar surface area (TPSA) is 60.8 Å². The molecule has 0 saturated carbocycles. The maximum Gasteiger partial charge on any atom is 1.00 e. The van der Waals surface area contributed by atoms with Gasteiger partial charge in [0.25, 0.3) is 5.97 Å². The number of phenols is 1. The minimum Gasteiger partial charge on any atom is -0.533 e. The summed E-state index contributed by atoms with van der Waals surface area (Å²) in [4.78, 5) is 10.9. The maximum atomic E-state index is 9.02. The van der Waals surface area contributed by atoms with E-state index >= 15 is 0 Å². The zero-order chi connectivity index (χ0) is 11.1. The Morgan fingerprint density at radius 2 is 1.93 bits per heavy atom. The molecule has 0 radical (unpaired) electrons. The van der Waals surface area contributed by atoms with Crippen molar-refractivity contribution in [1.82, 2.24) is 0 Å². The van der Waals surface area contributed by atoms with Gasteiger partial charge in [0.15, 0.2) is 0 Å². The van der Waals surface area contributed by atoms with Crippen LogP contribution in [-0.2, 0) is 4.79 Å². The molecule has 0 bridgehead atoms. The van der Waals surface area contributed by atoms with Crippen molar-refractivity contribution in [1.29, 1.82) is 0 Å². The number of aliphatic carboxylic acids is 1. The first-order chi connectivity index (χ1) is 6.43. The van der Waals surface area contributed by atoms with E-state index in [2.05, 4.69) is 6.07 Å². The van der Waals surface area contributed by atoms with Crippen molar-refractivity contribution in [2.45, 2.75) is 6.92 Å². The first-order valence-corrected chi connectivity index (χ1v) is 4.01. The Morgan fingerprint density at radius 1 is 1.47 bits per heavy atom. The third-order valence-electron chi connectivity index (χ3n) is 1.25. The van der Waals surface area contributed by atoms with Crippen molar-refractivity contribution in [3.05, 3.63) is 24.3 Å². The third-order valence-corrected chi connectivity index (χ3v) is 1.25. The Kier molecular flexibility index (Phi) is 9.57. The van der Waals surface area contributed by atoms with Crippen LogP contribution in [0.4, 0.5) is 5.69 Å². The molecule has 15 heavy (non-hydrogen) atoms. The molecule has 5 heteroatoms. The molecule has 78 valence electrons. The number of carboxylic acid groups (broad SMARTS) is 1. The van der Waals surface area contributed by atoms with Gasteiger partial charge in [-0.2, -0.15) is 12.1 Å². The van der Waals surface area contributed by atoms with E-state index in [0.29, 0.717) is 0 Å². The second-order valence-corrected chi connectivity index (χ2v) is 2.85. The van der Waals surface area contributed by atoms with Crippen LogP contribution in [0, 0.1) is 6.07 Å². The summed E-state index contributed by atoms with van der Waals surface area (Å²) >= 11 is 0. The summed E-state index contributed by atoms with van der Waals surface area (Å²) in [6, 6.07) is 7.94. The number of hydrogen-bond donors (Lipinski definition) is 2. The molecule has 0 saturated heterocycles. The molecule has 0 heterocycles. The van der Waals surface area contributed by atoms with Crippen molar-refractivity contribution in [2.24, 2.45) is 0 Å². The van der Waals surface area contributed by atoms with Crippen LogP contribution >= 0.6 is 0 Å². The van der Waals surface area contributed by atoms with Crippen molar-refractivity contribution in [3.63, 3.8) is 0 Å². The minimum atomic E-state index is -0.833. The van der Waals surface area contributed by atoms with Gasteiger partial charge in [0.2, 0.25) is 0 Å². The average molecular weight is 219 g/mol. The van der Waals surface area contributed by atoms with Gasteiger partial charge in [-0.3, -0.25) is 4.79 Å². The fourth-order valence-electron chi connectivity index (χ4n) is 0.700. The molecule has 1 aromatic rings. The molecule has 0 aliphatic heterocycles. The van der Waals surface area contributed by atoms with Crippen LogP contribution in [-0.4, -0.2) is 30.3 Å². The Hall–Kier alpha value is -0.710. The molecule has 0 amide bonds. The first-order valence-electron chi connectivity index (χ1n) is 4.01. The summed E-state index contributed by atoms with van der Waals surface area (Å²) in [5.74, 6) is -0.553. The molecule has 0 unspecified atom stereocenters. The SMILES string of the molecule is CC(=O)O.CN(C)c1[c-]ccc(O)c1.[Na+]. The van der Waals surface area contributed by atoms with E-state index in [1.54, 1.807) is 18.2 Å². The zero-order valence-electron chi connectivity index (χ0n) is 9.48. The molecule has 0 aliphatic rings. The van der Waals surface area contributed by atoms with Crippen LogP contribution in [0.15, 0.2) is 18.2 Å². The van der Waals surface area contributed by atoms with E-state index in [0.717, 1.165) is 12.6 Å². The van der Waals surface area contributed by atoms with Crippen molar-refractivity contribution in [3.8, 4) is 5.75 Å². The Labute approximate surface area is 112 Å². The van der Waals surface area contributed by atoms with Gasteiger partial charge in [-0.15, -0.1) is 12.1 Å². The van der Waals surface area contributed by atoms with Crippen LogP contribution in [0.1, 0.15) is 6.92 Å². The molecule has 1 rings (SSSR count). The van der Waals surface area contributed by atoms with Crippen molar-refractivity contribution in [2.75, 3.05) is 19.0 Å². The molecule has 0 atom stereocenters. The summed E-state index contributed by atoms with van der Waals surface area (Å²) < 4.78 is 0.